The van der Waals surface area contributed by atoms with Gasteiger partial charge in [0, 0.05) is 0 Å². The van der Waals surface area contributed by atoms with Crippen molar-refractivity contribution in [3.8, 4) is 0 Å². The largest absolute Gasteiger partial charge is 0.480 e. The second-order valence-electron chi connectivity index (χ2n) is 5.24. The van der Waals surface area contributed by atoms with E-state index in [4.69, 9.17) is 10.2 Å². The number of aliphatic carboxylic acids is 1. The standard InChI is InChI=1S/C13H22N4O6/c1-7(11(20)17-9(6-18)13(22)23)16-10(19)5-15-12(21)8-3-2-4-14-8/h7-9,14,18H,2-6H2,1H3,(H,15,21)(H,16,19)(H,17,20)(H,22,23). The van der Waals surface area contributed by atoms with Gasteiger partial charge in [-0.05, 0) is 26.3 Å². The molecule has 0 saturated carbocycles. The van der Waals surface area contributed by atoms with Crippen LogP contribution in [0.15, 0.2) is 0 Å². The van der Waals surface area contributed by atoms with Crippen LogP contribution in [-0.2, 0) is 19.2 Å². The van der Waals surface area contributed by atoms with Gasteiger partial charge < -0.3 is 31.5 Å². The summed E-state index contributed by atoms with van der Waals surface area (Å²) >= 11 is 0. The van der Waals surface area contributed by atoms with Gasteiger partial charge >= 0.3 is 5.97 Å². The molecule has 1 heterocycles. The number of carboxylic acid groups (broad SMARTS) is 1. The average Bonchev–Trinajstić information content (AvgIpc) is 3.03. The van der Waals surface area contributed by atoms with Crippen LogP contribution in [0.4, 0.5) is 0 Å². The van der Waals surface area contributed by atoms with E-state index in [2.05, 4.69) is 21.3 Å². The molecule has 1 aliphatic heterocycles. The molecule has 0 aliphatic carbocycles. The molecule has 3 atom stereocenters. The van der Waals surface area contributed by atoms with E-state index in [-0.39, 0.29) is 18.5 Å². The lowest BCUT2D eigenvalue weighted by atomic mass is 10.2. The maximum Gasteiger partial charge on any atom is 0.328 e. The van der Waals surface area contributed by atoms with Gasteiger partial charge in [-0.25, -0.2) is 4.79 Å². The Morgan fingerprint density at radius 2 is 1.96 bits per heavy atom. The number of rotatable bonds is 8. The van der Waals surface area contributed by atoms with Gasteiger partial charge in [0.2, 0.25) is 17.7 Å². The van der Waals surface area contributed by atoms with Crippen molar-refractivity contribution in [2.45, 2.75) is 37.9 Å². The van der Waals surface area contributed by atoms with Crippen LogP contribution < -0.4 is 21.3 Å². The minimum atomic E-state index is -1.44. The van der Waals surface area contributed by atoms with E-state index in [1.807, 2.05) is 0 Å². The fourth-order valence-electron chi connectivity index (χ4n) is 2.04. The lowest BCUT2D eigenvalue weighted by Gasteiger charge is -2.17. The highest BCUT2D eigenvalue weighted by molar-refractivity contribution is 5.92. The summed E-state index contributed by atoms with van der Waals surface area (Å²) in [5.74, 6) is -2.98. The smallest absolute Gasteiger partial charge is 0.328 e. The summed E-state index contributed by atoms with van der Waals surface area (Å²) < 4.78 is 0. The maximum absolute atomic E-state index is 11.7. The molecular formula is C13H22N4O6. The molecule has 130 valence electrons. The first-order valence-corrected chi connectivity index (χ1v) is 7.29. The Morgan fingerprint density at radius 3 is 2.48 bits per heavy atom. The molecule has 1 rings (SSSR count). The third-order valence-corrected chi connectivity index (χ3v) is 3.37. The molecule has 3 amide bonds. The van der Waals surface area contributed by atoms with Crippen LogP contribution in [0, 0.1) is 0 Å². The lowest BCUT2D eigenvalue weighted by molar-refractivity contribution is -0.143. The number of hydrogen-bond acceptors (Lipinski definition) is 6. The minimum absolute atomic E-state index is 0.277. The molecular weight excluding hydrogens is 308 g/mol. The molecule has 0 aromatic rings. The molecule has 23 heavy (non-hydrogen) atoms. The van der Waals surface area contributed by atoms with E-state index < -0.39 is 36.5 Å². The van der Waals surface area contributed by atoms with Gasteiger partial charge in [-0.2, -0.15) is 0 Å². The highest BCUT2D eigenvalue weighted by Crippen LogP contribution is 2.04. The zero-order valence-electron chi connectivity index (χ0n) is 12.8. The number of aliphatic hydroxyl groups excluding tert-OH is 1. The van der Waals surface area contributed by atoms with Gasteiger partial charge in [-0.1, -0.05) is 0 Å². The molecule has 0 spiro atoms. The summed E-state index contributed by atoms with van der Waals surface area (Å²) in [5, 5.41) is 27.4. The van der Waals surface area contributed by atoms with E-state index in [9.17, 15) is 19.2 Å². The lowest BCUT2D eigenvalue weighted by Crippen LogP contribution is -2.53. The summed E-state index contributed by atoms with van der Waals surface area (Å²) in [5.41, 5.74) is 0. The van der Waals surface area contributed by atoms with Crippen molar-refractivity contribution in [1.82, 2.24) is 21.3 Å². The highest BCUT2D eigenvalue weighted by atomic mass is 16.4. The molecule has 0 radical (unpaired) electrons. The molecule has 10 nitrogen and oxygen atoms in total. The molecule has 0 aromatic carbocycles. The quantitative estimate of drug-likeness (QED) is 0.275. The van der Waals surface area contributed by atoms with Crippen LogP contribution in [0.25, 0.3) is 0 Å². The summed E-state index contributed by atoms with van der Waals surface area (Å²) in [4.78, 5) is 45.8. The Bertz CT molecular complexity index is 463. The molecule has 0 bridgehead atoms. The van der Waals surface area contributed by atoms with Crippen LogP contribution in [-0.4, -0.2) is 71.7 Å². The third kappa shape index (κ3) is 6.20. The number of carbonyl (C=O) groups excluding carboxylic acids is 3. The van der Waals surface area contributed by atoms with Gasteiger partial charge in [0.05, 0.1) is 19.2 Å². The summed E-state index contributed by atoms with van der Waals surface area (Å²) in [6.45, 7) is 1.09. The van der Waals surface area contributed by atoms with Crippen LogP contribution >= 0.6 is 0 Å². The molecule has 1 aliphatic rings. The number of hydrogen-bond donors (Lipinski definition) is 6. The molecule has 1 fully saturated rings. The van der Waals surface area contributed by atoms with Gasteiger partial charge in [0.15, 0.2) is 0 Å². The predicted octanol–water partition coefficient (Wildman–Crippen LogP) is -3.08. The van der Waals surface area contributed by atoms with E-state index in [0.717, 1.165) is 13.0 Å². The Morgan fingerprint density at radius 1 is 1.26 bits per heavy atom. The maximum atomic E-state index is 11.7. The Balaban J connectivity index is 2.33. The first-order chi connectivity index (χ1) is 10.8. The molecule has 6 N–H and O–H groups in total. The van der Waals surface area contributed by atoms with Crippen molar-refractivity contribution in [2.75, 3.05) is 19.7 Å². The van der Waals surface area contributed by atoms with Crippen LogP contribution in [0.3, 0.4) is 0 Å². The molecule has 1 saturated heterocycles. The van der Waals surface area contributed by atoms with Crippen molar-refractivity contribution in [2.24, 2.45) is 0 Å². The van der Waals surface area contributed by atoms with Gasteiger partial charge in [0.1, 0.15) is 12.1 Å². The second kappa shape index (κ2) is 9.06. The Hall–Kier alpha value is -2.20. The fourth-order valence-corrected chi connectivity index (χ4v) is 2.04. The van der Waals surface area contributed by atoms with E-state index in [1.54, 1.807) is 0 Å². The highest BCUT2D eigenvalue weighted by Gasteiger charge is 2.24. The van der Waals surface area contributed by atoms with Gasteiger partial charge in [0.25, 0.3) is 0 Å². The van der Waals surface area contributed by atoms with Crippen molar-refractivity contribution in [3.05, 3.63) is 0 Å². The Kier molecular flexibility index (Phi) is 7.42. The van der Waals surface area contributed by atoms with E-state index >= 15 is 0 Å². The number of amides is 3. The van der Waals surface area contributed by atoms with Crippen LogP contribution in [0.1, 0.15) is 19.8 Å². The average molecular weight is 330 g/mol. The van der Waals surface area contributed by atoms with Gasteiger partial charge in [-0.15, -0.1) is 0 Å². The summed E-state index contributed by atoms with van der Waals surface area (Å²) in [6, 6.07) is -2.74. The Labute approximate surface area is 133 Å². The second-order valence-corrected chi connectivity index (χ2v) is 5.24. The minimum Gasteiger partial charge on any atom is -0.480 e. The van der Waals surface area contributed by atoms with Crippen molar-refractivity contribution in [3.63, 3.8) is 0 Å². The number of nitrogens with one attached hydrogen (secondary N) is 4. The normalized spacial score (nSPS) is 19.5. The first-order valence-electron chi connectivity index (χ1n) is 7.29. The number of aliphatic hydroxyl groups is 1. The van der Waals surface area contributed by atoms with Crippen LogP contribution in [0.5, 0.6) is 0 Å². The predicted molar refractivity (Wildman–Crippen MR) is 78.3 cm³/mol. The summed E-state index contributed by atoms with van der Waals surface area (Å²) in [7, 11) is 0. The zero-order valence-corrected chi connectivity index (χ0v) is 12.8. The zero-order chi connectivity index (χ0) is 17.4. The number of carboxylic acids is 1. The molecule has 3 unspecified atom stereocenters. The van der Waals surface area contributed by atoms with Crippen LogP contribution in [0.2, 0.25) is 0 Å². The topological polar surface area (TPSA) is 157 Å². The SMILES string of the molecule is CC(NC(=O)CNC(=O)C1CCCN1)C(=O)NC(CO)C(=O)O. The molecule has 0 aromatic heterocycles. The fraction of sp³-hybridized carbons (Fsp3) is 0.692. The van der Waals surface area contributed by atoms with Crippen molar-refractivity contribution >= 4 is 23.7 Å². The first kappa shape index (κ1) is 18.8. The molecule has 10 heteroatoms. The summed E-state index contributed by atoms with van der Waals surface area (Å²) in [6.07, 6.45) is 1.61. The monoisotopic (exact) mass is 330 g/mol. The third-order valence-electron chi connectivity index (χ3n) is 3.37. The van der Waals surface area contributed by atoms with Crippen molar-refractivity contribution < 1.29 is 29.4 Å². The van der Waals surface area contributed by atoms with E-state index in [1.165, 1.54) is 6.92 Å². The van der Waals surface area contributed by atoms with Gasteiger partial charge in [-0.3, -0.25) is 14.4 Å². The van der Waals surface area contributed by atoms with Crippen molar-refractivity contribution in [1.29, 1.82) is 0 Å². The van der Waals surface area contributed by atoms with E-state index in [0.29, 0.717) is 6.42 Å². The number of carbonyl (C=O) groups is 4.